The van der Waals surface area contributed by atoms with Crippen molar-refractivity contribution < 1.29 is 0 Å². The Morgan fingerprint density at radius 2 is 1.68 bits per heavy atom. The second-order valence-electron chi connectivity index (χ2n) is 9.44. The van der Waals surface area contributed by atoms with Gasteiger partial charge in [-0.05, 0) is 68.5 Å². The van der Waals surface area contributed by atoms with E-state index in [1.807, 2.05) is 19.1 Å². The molecule has 4 nitrogen and oxygen atoms in total. The second kappa shape index (κ2) is 12.0. The number of aromatic nitrogens is 2. The molecule has 0 saturated heterocycles. The van der Waals surface area contributed by atoms with E-state index in [2.05, 4.69) is 80.9 Å². The van der Waals surface area contributed by atoms with Crippen LogP contribution in [0, 0.1) is 6.92 Å². The molecule has 0 aliphatic heterocycles. The van der Waals surface area contributed by atoms with Gasteiger partial charge in [0.2, 0.25) is 0 Å². The molecule has 180 valence electrons. The molecule has 1 aliphatic carbocycles. The number of anilines is 2. The Bertz CT molecular complexity index is 1060. The van der Waals surface area contributed by atoms with E-state index >= 15 is 0 Å². The third-order valence-electron chi connectivity index (χ3n) is 6.67. The maximum absolute atomic E-state index is 6.13. The lowest BCUT2D eigenvalue weighted by atomic mass is 9.86. The van der Waals surface area contributed by atoms with Crippen molar-refractivity contribution in [3.63, 3.8) is 0 Å². The van der Waals surface area contributed by atoms with E-state index in [0.29, 0.717) is 6.04 Å². The van der Waals surface area contributed by atoms with E-state index in [9.17, 15) is 0 Å². The summed E-state index contributed by atoms with van der Waals surface area (Å²) in [5, 5.41) is 8.13. The summed E-state index contributed by atoms with van der Waals surface area (Å²) in [5.74, 6) is 2.83. The Morgan fingerprint density at radius 3 is 2.38 bits per heavy atom. The predicted molar refractivity (Wildman–Crippen MR) is 147 cm³/mol. The first kappa shape index (κ1) is 25.0. The summed E-state index contributed by atoms with van der Waals surface area (Å²) in [6, 6.07) is 19.5. The molecule has 1 aliphatic rings. The van der Waals surface area contributed by atoms with Gasteiger partial charge in [-0.25, -0.2) is 9.97 Å². The molecular weight excluding hydrogens is 508 g/mol. The highest BCUT2D eigenvalue weighted by Crippen LogP contribution is 2.30. The van der Waals surface area contributed by atoms with Crippen molar-refractivity contribution in [1.29, 1.82) is 0 Å². The van der Waals surface area contributed by atoms with Crippen LogP contribution in [-0.4, -0.2) is 22.1 Å². The zero-order chi connectivity index (χ0) is 23.9. The molecule has 0 bridgehead atoms. The molecule has 3 aromatic rings. The molecule has 0 unspecified atom stereocenters. The van der Waals surface area contributed by atoms with Crippen molar-refractivity contribution in [2.24, 2.45) is 0 Å². The summed E-state index contributed by atoms with van der Waals surface area (Å²) < 4.78 is 1.09. The normalized spacial score (nSPS) is 16.5. The van der Waals surface area contributed by atoms with Crippen LogP contribution in [0.1, 0.15) is 68.3 Å². The first-order chi connectivity index (χ1) is 16.5. The number of rotatable bonds is 8. The van der Waals surface area contributed by atoms with E-state index in [4.69, 9.17) is 16.6 Å². The van der Waals surface area contributed by atoms with Crippen LogP contribution in [0.5, 0.6) is 0 Å². The summed E-state index contributed by atoms with van der Waals surface area (Å²) in [6.45, 7) is 4.20. The monoisotopic (exact) mass is 540 g/mol. The third kappa shape index (κ3) is 7.19. The van der Waals surface area contributed by atoms with Gasteiger partial charge in [-0.1, -0.05) is 77.5 Å². The van der Waals surface area contributed by atoms with Gasteiger partial charge in [-0.2, -0.15) is 0 Å². The lowest BCUT2D eigenvalue weighted by molar-refractivity contribution is 0.593. The number of benzene rings is 2. The van der Waals surface area contributed by atoms with E-state index < -0.39 is 0 Å². The van der Waals surface area contributed by atoms with Gasteiger partial charge in [0.15, 0.2) is 0 Å². The minimum Gasteiger partial charge on any atom is -0.367 e. The Balaban J connectivity index is 1.53. The molecule has 6 heteroatoms. The van der Waals surface area contributed by atoms with Crippen LogP contribution in [0.2, 0.25) is 5.02 Å². The van der Waals surface area contributed by atoms with Crippen LogP contribution in [0.15, 0.2) is 59.1 Å². The van der Waals surface area contributed by atoms with Crippen LogP contribution in [0.25, 0.3) is 0 Å². The van der Waals surface area contributed by atoms with E-state index in [1.165, 1.54) is 49.7 Å². The van der Waals surface area contributed by atoms with Crippen molar-refractivity contribution >= 4 is 39.2 Å². The SMILES string of the molecule is Cc1nc(NC2CCCCCC2)cc(N[C@@H](C)[C@@H](Cc2ccc(Cl)cc2)c2cccc(Br)c2)n1. The van der Waals surface area contributed by atoms with Gasteiger partial charge in [0.1, 0.15) is 17.5 Å². The maximum atomic E-state index is 6.13. The smallest absolute Gasteiger partial charge is 0.132 e. The molecule has 1 saturated carbocycles. The van der Waals surface area contributed by atoms with Crippen LogP contribution in [0.3, 0.4) is 0 Å². The fourth-order valence-corrected chi connectivity index (χ4v) is 5.42. The van der Waals surface area contributed by atoms with Crippen molar-refractivity contribution in [2.45, 2.75) is 76.8 Å². The highest BCUT2D eigenvalue weighted by molar-refractivity contribution is 9.10. The third-order valence-corrected chi connectivity index (χ3v) is 7.42. The Morgan fingerprint density at radius 1 is 0.971 bits per heavy atom. The van der Waals surface area contributed by atoms with E-state index in [0.717, 1.165) is 33.4 Å². The predicted octanol–water partition coefficient (Wildman–Crippen LogP) is 8.16. The summed E-state index contributed by atoms with van der Waals surface area (Å²) in [5.41, 5.74) is 2.55. The average Bonchev–Trinajstić information content (AvgIpc) is 3.07. The summed E-state index contributed by atoms with van der Waals surface area (Å²) in [4.78, 5) is 9.38. The molecule has 1 aromatic heterocycles. The van der Waals surface area contributed by atoms with Gasteiger partial charge in [0.05, 0.1) is 0 Å². The Labute approximate surface area is 217 Å². The van der Waals surface area contributed by atoms with Gasteiger partial charge in [-0.15, -0.1) is 0 Å². The lowest BCUT2D eigenvalue weighted by Crippen LogP contribution is -2.27. The molecule has 2 atom stereocenters. The molecule has 4 rings (SSSR count). The van der Waals surface area contributed by atoms with Gasteiger partial charge in [0.25, 0.3) is 0 Å². The molecule has 0 spiro atoms. The molecular formula is C28H34BrClN4. The number of hydrogen-bond acceptors (Lipinski definition) is 4. The standard InChI is InChI=1S/C28H34BrClN4/c1-19(26(22-8-7-9-23(29)17-22)16-21-12-14-24(30)15-13-21)31-27-18-28(33-20(2)32-27)34-25-10-5-3-4-6-11-25/h7-9,12-15,17-19,25-26H,3-6,10-11,16H2,1-2H3,(H2,31,32,33,34)/t19-,26+/m0/s1. The van der Waals surface area contributed by atoms with Crippen LogP contribution in [-0.2, 0) is 6.42 Å². The van der Waals surface area contributed by atoms with Gasteiger partial charge < -0.3 is 10.6 Å². The Hall–Kier alpha value is -2.11. The second-order valence-corrected chi connectivity index (χ2v) is 10.8. The zero-order valence-corrected chi connectivity index (χ0v) is 22.4. The molecule has 1 fully saturated rings. The van der Waals surface area contributed by atoms with Gasteiger partial charge >= 0.3 is 0 Å². The lowest BCUT2D eigenvalue weighted by Gasteiger charge is -2.27. The van der Waals surface area contributed by atoms with Crippen LogP contribution in [0.4, 0.5) is 11.6 Å². The highest BCUT2D eigenvalue weighted by atomic mass is 79.9. The van der Waals surface area contributed by atoms with E-state index in [1.54, 1.807) is 0 Å². The minimum absolute atomic E-state index is 0.157. The molecule has 34 heavy (non-hydrogen) atoms. The van der Waals surface area contributed by atoms with Crippen LogP contribution >= 0.6 is 27.5 Å². The van der Waals surface area contributed by atoms with Crippen molar-refractivity contribution in [3.05, 3.63) is 81.0 Å². The van der Waals surface area contributed by atoms with Gasteiger partial charge in [-0.3, -0.25) is 0 Å². The molecule has 2 N–H and O–H groups in total. The summed E-state index contributed by atoms with van der Waals surface area (Å²) in [6.07, 6.45) is 8.61. The maximum Gasteiger partial charge on any atom is 0.132 e. The van der Waals surface area contributed by atoms with E-state index in [-0.39, 0.29) is 12.0 Å². The quantitative estimate of drug-likeness (QED) is 0.282. The zero-order valence-electron chi connectivity index (χ0n) is 20.0. The summed E-state index contributed by atoms with van der Waals surface area (Å²) in [7, 11) is 0. The first-order valence-corrected chi connectivity index (χ1v) is 13.5. The van der Waals surface area contributed by atoms with Crippen LogP contribution < -0.4 is 10.6 Å². The largest absolute Gasteiger partial charge is 0.367 e. The fraction of sp³-hybridized carbons (Fsp3) is 0.429. The number of hydrogen-bond donors (Lipinski definition) is 2. The minimum atomic E-state index is 0.157. The number of halogens is 2. The molecule has 2 aromatic carbocycles. The average molecular weight is 542 g/mol. The highest BCUT2D eigenvalue weighted by Gasteiger charge is 2.22. The molecule has 0 amide bonds. The molecule has 1 heterocycles. The van der Waals surface area contributed by atoms with Gasteiger partial charge in [0, 0.05) is 33.6 Å². The summed E-state index contributed by atoms with van der Waals surface area (Å²) >= 11 is 9.77. The molecule has 0 radical (unpaired) electrons. The topological polar surface area (TPSA) is 49.8 Å². The number of nitrogens with zero attached hydrogens (tertiary/aromatic N) is 2. The number of aryl methyl sites for hydroxylation is 1. The Kier molecular flexibility index (Phi) is 8.85. The van der Waals surface area contributed by atoms with Crippen molar-refractivity contribution in [2.75, 3.05) is 10.6 Å². The van der Waals surface area contributed by atoms with Crippen molar-refractivity contribution in [3.8, 4) is 0 Å². The van der Waals surface area contributed by atoms with Crippen molar-refractivity contribution in [1.82, 2.24) is 9.97 Å². The fourth-order valence-electron chi connectivity index (χ4n) is 4.88. The number of nitrogens with one attached hydrogen (secondary N) is 2. The first-order valence-electron chi connectivity index (χ1n) is 12.3.